The zero-order chi connectivity index (χ0) is 10.1. The molecule has 1 heterocycles. The van der Waals surface area contributed by atoms with Crippen LogP contribution in [0.25, 0.3) is 10.9 Å². The first-order chi connectivity index (χ1) is 6.72. The summed E-state index contributed by atoms with van der Waals surface area (Å²) >= 11 is 0. The Kier molecular flexibility index (Phi) is 2.30. The number of nitrogens with two attached hydrogens (primary N) is 1. The number of fused-ring (bicyclic) bond motifs is 1. The molecule has 0 amide bonds. The Hall–Kier alpha value is -1.28. The molecule has 1 aromatic heterocycles. The third-order valence-electron chi connectivity index (χ3n) is 2.76. The van der Waals surface area contributed by atoms with Crippen LogP contribution in [-0.4, -0.2) is 11.1 Å². The summed E-state index contributed by atoms with van der Waals surface area (Å²) in [5, 5.41) is 1.31. The van der Waals surface area contributed by atoms with Crippen LogP contribution >= 0.6 is 0 Å². The Labute approximate surface area is 84.3 Å². The van der Waals surface area contributed by atoms with E-state index in [1.54, 1.807) is 0 Å². The normalized spacial score (nSPS) is 11.1. The molecule has 0 saturated carbocycles. The molecule has 0 aliphatic heterocycles. The Bertz CT molecular complexity index is 455. The molecule has 2 nitrogen and oxygen atoms in total. The Morgan fingerprint density at radius 2 is 1.93 bits per heavy atom. The van der Waals surface area contributed by atoms with Crippen molar-refractivity contribution in [2.75, 3.05) is 6.54 Å². The summed E-state index contributed by atoms with van der Waals surface area (Å²) in [7, 11) is 0. The lowest BCUT2D eigenvalue weighted by atomic mass is 10.1. The van der Waals surface area contributed by atoms with Gasteiger partial charge in [0.25, 0.3) is 0 Å². The number of benzene rings is 1. The summed E-state index contributed by atoms with van der Waals surface area (Å²) in [6.45, 7) is 5.88. The third-order valence-corrected chi connectivity index (χ3v) is 2.76. The van der Waals surface area contributed by atoms with E-state index in [0.29, 0.717) is 6.54 Å². The molecular weight excluding hydrogens is 172 g/mol. The van der Waals surface area contributed by atoms with Crippen LogP contribution in [0.2, 0.25) is 0 Å². The summed E-state index contributed by atoms with van der Waals surface area (Å²) in [6, 6.07) is 6.62. The van der Waals surface area contributed by atoms with Gasteiger partial charge in [0.1, 0.15) is 0 Å². The van der Waals surface area contributed by atoms with Crippen LogP contribution in [0.4, 0.5) is 0 Å². The summed E-state index contributed by atoms with van der Waals surface area (Å²) < 4.78 is 2.21. The Balaban J connectivity index is 2.61. The van der Waals surface area contributed by atoms with Gasteiger partial charge in [-0.25, -0.2) is 0 Å². The molecule has 0 aliphatic carbocycles. The first-order valence-corrected chi connectivity index (χ1v) is 4.98. The smallest absolute Gasteiger partial charge is 0.0483 e. The largest absolute Gasteiger partial charge is 0.346 e. The van der Waals surface area contributed by atoms with E-state index in [2.05, 4.69) is 42.8 Å². The fraction of sp³-hybridized carbons (Fsp3) is 0.333. The average molecular weight is 188 g/mol. The van der Waals surface area contributed by atoms with Crippen molar-refractivity contribution >= 4 is 10.9 Å². The van der Waals surface area contributed by atoms with Crippen molar-refractivity contribution in [3.63, 3.8) is 0 Å². The maximum atomic E-state index is 5.56. The molecule has 0 saturated heterocycles. The second-order valence-electron chi connectivity index (χ2n) is 3.79. The molecule has 0 atom stereocenters. The Morgan fingerprint density at radius 3 is 2.64 bits per heavy atom. The van der Waals surface area contributed by atoms with E-state index in [1.807, 2.05) is 0 Å². The van der Waals surface area contributed by atoms with E-state index < -0.39 is 0 Å². The van der Waals surface area contributed by atoms with Crippen LogP contribution < -0.4 is 5.73 Å². The molecule has 0 spiro atoms. The van der Waals surface area contributed by atoms with Crippen LogP contribution in [0, 0.1) is 13.8 Å². The minimum atomic E-state index is 0.691. The first kappa shape index (κ1) is 9.28. The van der Waals surface area contributed by atoms with E-state index in [4.69, 9.17) is 5.73 Å². The highest BCUT2D eigenvalue weighted by molar-refractivity contribution is 5.81. The second-order valence-corrected chi connectivity index (χ2v) is 3.79. The predicted molar refractivity (Wildman–Crippen MR) is 60.5 cm³/mol. The molecule has 2 heteroatoms. The SMILES string of the molecule is Cc1cc2ccn(CCN)c2cc1C. The van der Waals surface area contributed by atoms with Gasteiger partial charge in [-0.2, -0.15) is 0 Å². The highest BCUT2D eigenvalue weighted by Gasteiger charge is 2.02. The molecule has 0 aliphatic rings. The summed E-state index contributed by atoms with van der Waals surface area (Å²) in [5.41, 5.74) is 9.54. The predicted octanol–water partition coefficient (Wildman–Crippen LogP) is 2.22. The fourth-order valence-corrected chi connectivity index (χ4v) is 1.79. The fourth-order valence-electron chi connectivity index (χ4n) is 1.79. The van der Waals surface area contributed by atoms with Crippen LogP contribution in [0.5, 0.6) is 0 Å². The van der Waals surface area contributed by atoms with Crippen molar-refractivity contribution in [3.8, 4) is 0 Å². The molecule has 2 aromatic rings. The lowest BCUT2D eigenvalue weighted by molar-refractivity contribution is 0.735. The second kappa shape index (κ2) is 3.46. The average Bonchev–Trinajstić information content (AvgIpc) is 2.51. The van der Waals surface area contributed by atoms with Gasteiger partial charge in [0, 0.05) is 24.8 Å². The lowest BCUT2D eigenvalue weighted by Crippen LogP contribution is -2.08. The molecule has 74 valence electrons. The van der Waals surface area contributed by atoms with E-state index in [-0.39, 0.29) is 0 Å². The van der Waals surface area contributed by atoms with Gasteiger partial charge in [-0.05, 0) is 48.6 Å². The minimum absolute atomic E-state index is 0.691. The number of aromatic nitrogens is 1. The molecule has 1 aromatic carbocycles. The van der Waals surface area contributed by atoms with Crippen molar-refractivity contribution in [1.29, 1.82) is 0 Å². The molecular formula is C12H16N2. The van der Waals surface area contributed by atoms with Gasteiger partial charge in [0.15, 0.2) is 0 Å². The zero-order valence-corrected chi connectivity index (χ0v) is 8.75. The maximum Gasteiger partial charge on any atom is 0.0483 e. The number of hydrogen-bond acceptors (Lipinski definition) is 1. The maximum absolute atomic E-state index is 5.56. The van der Waals surface area contributed by atoms with Crippen LogP contribution in [0.1, 0.15) is 11.1 Å². The standard InChI is InChI=1S/C12H16N2/c1-9-7-11-3-5-14(6-4-13)12(11)8-10(9)2/h3,5,7-8H,4,6,13H2,1-2H3. The van der Waals surface area contributed by atoms with Gasteiger partial charge in [0.2, 0.25) is 0 Å². The quantitative estimate of drug-likeness (QED) is 0.769. The van der Waals surface area contributed by atoms with Gasteiger partial charge in [-0.15, -0.1) is 0 Å². The van der Waals surface area contributed by atoms with E-state index in [1.165, 1.54) is 22.0 Å². The highest BCUT2D eigenvalue weighted by atomic mass is 15.0. The molecule has 2 rings (SSSR count). The Morgan fingerprint density at radius 1 is 1.21 bits per heavy atom. The van der Waals surface area contributed by atoms with E-state index >= 15 is 0 Å². The van der Waals surface area contributed by atoms with Crippen LogP contribution in [0.3, 0.4) is 0 Å². The van der Waals surface area contributed by atoms with Gasteiger partial charge in [-0.1, -0.05) is 0 Å². The van der Waals surface area contributed by atoms with Crippen LogP contribution in [0.15, 0.2) is 24.4 Å². The van der Waals surface area contributed by atoms with Crippen molar-refractivity contribution in [2.45, 2.75) is 20.4 Å². The van der Waals surface area contributed by atoms with Crippen molar-refractivity contribution in [3.05, 3.63) is 35.5 Å². The molecule has 2 N–H and O–H groups in total. The van der Waals surface area contributed by atoms with Gasteiger partial charge >= 0.3 is 0 Å². The first-order valence-electron chi connectivity index (χ1n) is 4.98. The number of hydrogen-bond donors (Lipinski definition) is 1. The topological polar surface area (TPSA) is 30.9 Å². The lowest BCUT2D eigenvalue weighted by Gasteiger charge is -2.05. The van der Waals surface area contributed by atoms with E-state index in [0.717, 1.165) is 6.54 Å². The van der Waals surface area contributed by atoms with Gasteiger partial charge in [0.05, 0.1) is 0 Å². The number of aryl methyl sites for hydroxylation is 2. The highest BCUT2D eigenvalue weighted by Crippen LogP contribution is 2.20. The van der Waals surface area contributed by atoms with Gasteiger partial charge in [-0.3, -0.25) is 0 Å². The van der Waals surface area contributed by atoms with Crippen molar-refractivity contribution < 1.29 is 0 Å². The van der Waals surface area contributed by atoms with E-state index in [9.17, 15) is 0 Å². The minimum Gasteiger partial charge on any atom is -0.346 e. The number of nitrogens with zero attached hydrogens (tertiary/aromatic N) is 1. The zero-order valence-electron chi connectivity index (χ0n) is 8.75. The third kappa shape index (κ3) is 1.42. The number of rotatable bonds is 2. The summed E-state index contributed by atoms with van der Waals surface area (Å²) in [6.07, 6.45) is 2.11. The van der Waals surface area contributed by atoms with Crippen LogP contribution in [-0.2, 0) is 6.54 Å². The summed E-state index contributed by atoms with van der Waals surface area (Å²) in [4.78, 5) is 0. The molecule has 0 radical (unpaired) electrons. The monoisotopic (exact) mass is 188 g/mol. The molecule has 0 fully saturated rings. The molecule has 0 bridgehead atoms. The molecule has 14 heavy (non-hydrogen) atoms. The van der Waals surface area contributed by atoms with Crippen molar-refractivity contribution in [2.24, 2.45) is 5.73 Å². The molecule has 0 unspecified atom stereocenters. The van der Waals surface area contributed by atoms with Gasteiger partial charge < -0.3 is 10.3 Å². The summed E-state index contributed by atoms with van der Waals surface area (Å²) in [5.74, 6) is 0. The van der Waals surface area contributed by atoms with Crippen molar-refractivity contribution in [1.82, 2.24) is 4.57 Å².